The van der Waals surface area contributed by atoms with Crippen LogP contribution in [-0.4, -0.2) is 27.9 Å². The molecule has 0 amide bonds. The number of aromatic nitrogens is 2. The quantitative estimate of drug-likeness (QED) is 0.157. The lowest BCUT2D eigenvalue weighted by molar-refractivity contribution is -0.386. The number of nitro groups is 1. The molecule has 0 aliphatic heterocycles. The number of nitrogens with zero attached hydrogens (tertiary/aromatic N) is 4. The van der Waals surface area contributed by atoms with Gasteiger partial charge in [0.2, 0.25) is 5.75 Å². The van der Waals surface area contributed by atoms with Gasteiger partial charge in [-0.15, -0.1) is 0 Å². The van der Waals surface area contributed by atoms with Crippen LogP contribution in [0.4, 0.5) is 5.69 Å². The molecule has 188 valence electrons. The maximum Gasteiger partial charge on any atom is 0.315 e. The summed E-state index contributed by atoms with van der Waals surface area (Å²) in [5.41, 5.74) is 1.79. The highest BCUT2D eigenvalue weighted by Gasteiger charge is 2.22. The van der Waals surface area contributed by atoms with Crippen LogP contribution in [0.1, 0.15) is 11.1 Å². The molecule has 1 aromatic heterocycles. The van der Waals surface area contributed by atoms with Gasteiger partial charge in [-0.1, -0.05) is 72.8 Å². The Morgan fingerprint density at radius 2 is 1.66 bits per heavy atom. The summed E-state index contributed by atoms with van der Waals surface area (Å²) in [7, 11) is 1.40. The van der Waals surface area contributed by atoms with Gasteiger partial charge < -0.3 is 9.47 Å². The molecule has 0 radical (unpaired) electrons. The summed E-state index contributed by atoms with van der Waals surface area (Å²) >= 11 is 0. The number of hydrogen-bond acceptors (Lipinski definition) is 7. The van der Waals surface area contributed by atoms with Crippen LogP contribution >= 0.6 is 0 Å². The average Bonchev–Trinajstić information content (AvgIpc) is 2.96. The van der Waals surface area contributed by atoms with E-state index < -0.39 is 4.92 Å². The highest BCUT2D eigenvalue weighted by Crippen LogP contribution is 2.38. The van der Waals surface area contributed by atoms with E-state index in [1.165, 1.54) is 24.1 Å². The van der Waals surface area contributed by atoms with Crippen molar-refractivity contribution in [3.63, 3.8) is 0 Å². The summed E-state index contributed by atoms with van der Waals surface area (Å²) in [6.45, 7) is 0.129. The first kappa shape index (κ1) is 24.4. The highest BCUT2D eigenvalue weighted by molar-refractivity contribution is 5.84. The molecule has 0 bridgehead atoms. The fraction of sp³-hybridized carbons (Fsp3) is 0.0690. The minimum absolute atomic E-state index is 0.00742. The van der Waals surface area contributed by atoms with E-state index in [-0.39, 0.29) is 29.4 Å². The summed E-state index contributed by atoms with van der Waals surface area (Å²) in [6, 6.07) is 28.4. The van der Waals surface area contributed by atoms with Crippen molar-refractivity contribution in [1.82, 2.24) is 9.66 Å². The van der Waals surface area contributed by atoms with Crippen LogP contribution in [0.15, 0.2) is 107 Å². The number of para-hydroxylation sites is 1. The maximum atomic E-state index is 13.4. The van der Waals surface area contributed by atoms with E-state index in [1.807, 2.05) is 66.7 Å². The highest BCUT2D eigenvalue weighted by atomic mass is 16.6. The van der Waals surface area contributed by atoms with Gasteiger partial charge in [-0.3, -0.25) is 14.9 Å². The van der Waals surface area contributed by atoms with Gasteiger partial charge in [0.25, 0.3) is 5.56 Å². The van der Waals surface area contributed by atoms with Crippen LogP contribution in [0, 0.1) is 10.1 Å². The standard InChI is InChI=1S/C29H22N4O5/c1-37-26-17-21(16-25(33(35)36)27(26)38-19-20-10-4-2-5-11-20)18-30-32-28(22-12-6-3-7-13-22)31-24-15-9-8-14-23(24)29(32)34/h2-18H,19H2,1H3. The first-order valence-corrected chi connectivity index (χ1v) is 11.7. The van der Waals surface area contributed by atoms with Crippen molar-refractivity contribution in [2.75, 3.05) is 7.11 Å². The van der Waals surface area contributed by atoms with Crippen molar-refractivity contribution >= 4 is 22.8 Å². The third-order valence-electron chi connectivity index (χ3n) is 5.81. The lowest BCUT2D eigenvalue weighted by atomic mass is 10.1. The smallest absolute Gasteiger partial charge is 0.315 e. The van der Waals surface area contributed by atoms with Crippen LogP contribution in [0.2, 0.25) is 0 Å². The monoisotopic (exact) mass is 506 g/mol. The molecular formula is C29H22N4O5. The minimum Gasteiger partial charge on any atom is -0.493 e. The van der Waals surface area contributed by atoms with E-state index in [0.29, 0.717) is 27.9 Å². The van der Waals surface area contributed by atoms with E-state index >= 15 is 0 Å². The van der Waals surface area contributed by atoms with Crippen molar-refractivity contribution in [2.45, 2.75) is 6.61 Å². The maximum absolute atomic E-state index is 13.4. The Kier molecular flexibility index (Phi) is 6.90. The Balaban J connectivity index is 1.58. The van der Waals surface area contributed by atoms with E-state index in [9.17, 15) is 14.9 Å². The lowest BCUT2D eigenvalue weighted by Crippen LogP contribution is -2.20. The van der Waals surface area contributed by atoms with E-state index in [1.54, 1.807) is 24.3 Å². The van der Waals surface area contributed by atoms with Gasteiger partial charge in [-0.2, -0.15) is 9.78 Å². The molecular weight excluding hydrogens is 484 g/mol. The SMILES string of the molecule is COc1cc(C=Nn2c(-c3ccccc3)nc3ccccc3c2=O)cc([N+](=O)[O-])c1OCc1ccccc1. The summed E-state index contributed by atoms with van der Waals surface area (Å²) < 4.78 is 12.4. The van der Waals surface area contributed by atoms with Crippen LogP contribution in [0.3, 0.4) is 0 Å². The normalized spacial score (nSPS) is 11.1. The molecule has 9 heteroatoms. The van der Waals surface area contributed by atoms with Gasteiger partial charge in [0.05, 0.1) is 29.2 Å². The number of nitro benzene ring substituents is 1. The Labute approximate surface area is 217 Å². The van der Waals surface area contributed by atoms with Crippen molar-refractivity contribution < 1.29 is 14.4 Å². The zero-order valence-corrected chi connectivity index (χ0v) is 20.4. The molecule has 5 rings (SSSR count). The van der Waals surface area contributed by atoms with Gasteiger partial charge in [0.15, 0.2) is 11.6 Å². The fourth-order valence-corrected chi connectivity index (χ4v) is 3.97. The zero-order valence-electron chi connectivity index (χ0n) is 20.4. The largest absolute Gasteiger partial charge is 0.493 e. The Hall–Kier alpha value is -5.31. The average molecular weight is 507 g/mol. The van der Waals surface area contributed by atoms with Gasteiger partial charge >= 0.3 is 5.69 Å². The summed E-state index contributed by atoms with van der Waals surface area (Å²) in [5.74, 6) is 0.520. The molecule has 0 spiro atoms. The summed E-state index contributed by atoms with van der Waals surface area (Å²) in [4.78, 5) is 29.4. The minimum atomic E-state index is -0.542. The molecule has 5 aromatic rings. The second-order valence-electron chi connectivity index (χ2n) is 8.28. The summed E-state index contributed by atoms with van der Waals surface area (Å²) in [5, 5.41) is 16.7. The number of ether oxygens (including phenoxy) is 2. The Morgan fingerprint density at radius 3 is 2.37 bits per heavy atom. The van der Waals surface area contributed by atoms with E-state index in [4.69, 9.17) is 9.47 Å². The first-order valence-electron chi connectivity index (χ1n) is 11.7. The number of hydrogen-bond donors (Lipinski definition) is 0. The molecule has 0 saturated carbocycles. The second kappa shape index (κ2) is 10.8. The summed E-state index contributed by atoms with van der Waals surface area (Å²) in [6.07, 6.45) is 1.36. The lowest BCUT2D eigenvalue weighted by Gasteiger charge is -2.12. The predicted octanol–water partition coefficient (Wildman–Crippen LogP) is 5.44. The molecule has 0 unspecified atom stereocenters. The molecule has 4 aromatic carbocycles. The molecule has 38 heavy (non-hydrogen) atoms. The van der Waals surface area contributed by atoms with Gasteiger partial charge in [-0.25, -0.2) is 4.98 Å². The van der Waals surface area contributed by atoms with Crippen LogP contribution in [0.5, 0.6) is 11.5 Å². The molecule has 0 fully saturated rings. The predicted molar refractivity (Wildman–Crippen MR) is 145 cm³/mol. The van der Waals surface area contributed by atoms with Gasteiger partial charge in [-0.05, 0) is 23.8 Å². The molecule has 0 atom stereocenters. The number of benzene rings is 4. The topological polar surface area (TPSA) is 109 Å². The van der Waals surface area contributed by atoms with Crippen molar-refractivity contribution in [2.24, 2.45) is 5.10 Å². The molecule has 0 saturated heterocycles. The second-order valence-corrected chi connectivity index (χ2v) is 8.28. The molecule has 0 aliphatic rings. The third-order valence-corrected chi connectivity index (χ3v) is 5.81. The zero-order chi connectivity index (χ0) is 26.5. The van der Waals surface area contributed by atoms with Crippen molar-refractivity contribution in [3.8, 4) is 22.9 Å². The molecule has 0 aliphatic carbocycles. The Morgan fingerprint density at radius 1 is 0.974 bits per heavy atom. The van der Waals surface area contributed by atoms with E-state index in [2.05, 4.69) is 10.1 Å². The van der Waals surface area contributed by atoms with E-state index in [0.717, 1.165) is 5.56 Å². The Bertz CT molecular complexity index is 1700. The number of fused-ring (bicyclic) bond motifs is 1. The molecule has 9 nitrogen and oxygen atoms in total. The van der Waals surface area contributed by atoms with Gasteiger partial charge in [0, 0.05) is 17.2 Å². The fourth-order valence-electron chi connectivity index (χ4n) is 3.97. The van der Waals surface area contributed by atoms with Crippen LogP contribution < -0.4 is 15.0 Å². The third kappa shape index (κ3) is 4.98. The van der Waals surface area contributed by atoms with Crippen molar-refractivity contribution in [3.05, 3.63) is 129 Å². The first-order chi connectivity index (χ1) is 18.5. The molecule has 0 N–H and O–H groups in total. The van der Waals surface area contributed by atoms with Gasteiger partial charge in [0.1, 0.15) is 6.61 Å². The van der Waals surface area contributed by atoms with Crippen molar-refractivity contribution in [1.29, 1.82) is 0 Å². The van der Waals surface area contributed by atoms with Crippen LogP contribution in [0.25, 0.3) is 22.3 Å². The molecule has 1 heterocycles. The number of methoxy groups -OCH3 is 1. The van der Waals surface area contributed by atoms with Crippen LogP contribution in [-0.2, 0) is 6.61 Å². The number of rotatable bonds is 8.